The molecular weight excluding hydrogens is 256 g/mol. The molecule has 0 saturated heterocycles. The highest BCUT2D eigenvalue weighted by Crippen LogP contribution is 2.12. The molecule has 0 atom stereocenters. The van der Waals surface area contributed by atoms with Crippen molar-refractivity contribution in [2.24, 2.45) is 0 Å². The number of benzene rings is 1. The number of hydrogen-bond acceptors (Lipinski definition) is 3. The Kier molecular flexibility index (Phi) is 4.44. The van der Waals surface area contributed by atoms with Crippen molar-refractivity contribution >= 4 is 17.6 Å². The molecule has 1 amide bonds. The van der Waals surface area contributed by atoms with E-state index in [1.807, 2.05) is 6.07 Å². The highest BCUT2D eigenvalue weighted by molar-refractivity contribution is 5.92. The number of aliphatic carboxylic acids is 1. The minimum Gasteiger partial charge on any atom is -0.481 e. The molecule has 1 heterocycles. The van der Waals surface area contributed by atoms with Crippen molar-refractivity contribution in [1.82, 2.24) is 4.98 Å². The average molecular weight is 270 g/mol. The van der Waals surface area contributed by atoms with Crippen LogP contribution < -0.4 is 5.32 Å². The SMILES string of the molecule is O=C(O)Cc1cccc(NC(=O)Cc2cccnc2)c1. The van der Waals surface area contributed by atoms with Gasteiger partial charge in [-0.1, -0.05) is 18.2 Å². The predicted octanol–water partition coefficient (Wildman–Crippen LogP) is 1.89. The molecule has 0 saturated carbocycles. The molecule has 1 aromatic heterocycles. The summed E-state index contributed by atoms with van der Waals surface area (Å²) in [5.74, 6) is -1.06. The monoisotopic (exact) mass is 270 g/mol. The Morgan fingerprint density at radius 2 is 1.90 bits per heavy atom. The number of carbonyl (C=O) groups excluding carboxylic acids is 1. The number of nitrogens with one attached hydrogen (secondary N) is 1. The first-order valence-corrected chi connectivity index (χ1v) is 6.13. The highest BCUT2D eigenvalue weighted by atomic mass is 16.4. The minimum atomic E-state index is -0.899. The number of carboxylic acid groups (broad SMARTS) is 1. The summed E-state index contributed by atoms with van der Waals surface area (Å²) in [6.45, 7) is 0. The van der Waals surface area contributed by atoms with Gasteiger partial charge in [0.1, 0.15) is 0 Å². The number of amides is 1. The van der Waals surface area contributed by atoms with Crippen molar-refractivity contribution < 1.29 is 14.7 Å². The Morgan fingerprint density at radius 1 is 1.10 bits per heavy atom. The molecule has 0 spiro atoms. The molecule has 20 heavy (non-hydrogen) atoms. The van der Waals surface area contributed by atoms with Crippen molar-refractivity contribution in [2.75, 3.05) is 5.32 Å². The standard InChI is InChI=1S/C15H14N2O3/c18-14(8-12-4-2-6-16-10-12)17-13-5-1-3-11(7-13)9-15(19)20/h1-7,10H,8-9H2,(H,17,18)(H,19,20). The number of aromatic nitrogens is 1. The van der Waals surface area contributed by atoms with Crippen molar-refractivity contribution in [3.63, 3.8) is 0 Å². The van der Waals surface area contributed by atoms with Crippen LogP contribution in [-0.4, -0.2) is 22.0 Å². The van der Waals surface area contributed by atoms with E-state index in [-0.39, 0.29) is 18.7 Å². The van der Waals surface area contributed by atoms with Crippen molar-refractivity contribution in [3.8, 4) is 0 Å². The highest BCUT2D eigenvalue weighted by Gasteiger charge is 2.06. The summed E-state index contributed by atoms with van der Waals surface area (Å²) in [6, 6.07) is 10.4. The summed E-state index contributed by atoms with van der Waals surface area (Å²) in [7, 11) is 0. The largest absolute Gasteiger partial charge is 0.481 e. The van der Waals surface area contributed by atoms with E-state index in [0.29, 0.717) is 11.3 Å². The van der Waals surface area contributed by atoms with Gasteiger partial charge in [-0.15, -0.1) is 0 Å². The van der Waals surface area contributed by atoms with Gasteiger partial charge in [0.2, 0.25) is 5.91 Å². The van der Waals surface area contributed by atoms with Crippen LogP contribution in [0.3, 0.4) is 0 Å². The van der Waals surface area contributed by atoms with Crippen LogP contribution in [0.4, 0.5) is 5.69 Å². The number of carboxylic acids is 1. The summed E-state index contributed by atoms with van der Waals surface area (Å²) in [6.07, 6.45) is 3.46. The predicted molar refractivity (Wildman–Crippen MR) is 74.4 cm³/mol. The van der Waals surface area contributed by atoms with Crippen molar-refractivity contribution in [2.45, 2.75) is 12.8 Å². The first kappa shape index (κ1) is 13.7. The van der Waals surface area contributed by atoms with Crippen LogP contribution in [-0.2, 0) is 22.4 Å². The first-order valence-electron chi connectivity index (χ1n) is 6.13. The number of anilines is 1. The zero-order chi connectivity index (χ0) is 14.4. The van der Waals surface area contributed by atoms with Gasteiger partial charge in [0.25, 0.3) is 0 Å². The summed E-state index contributed by atoms with van der Waals surface area (Å²) in [4.78, 5) is 26.5. The van der Waals surface area contributed by atoms with Gasteiger partial charge in [-0.25, -0.2) is 0 Å². The third kappa shape index (κ3) is 4.20. The van der Waals surface area contributed by atoms with Crippen LogP contribution in [0.1, 0.15) is 11.1 Å². The molecular formula is C15H14N2O3. The van der Waals surface area contributed by atoms with Crippen LogP contribution in [0, 0.1) is 0 Å². The molecule has 2 rings (SSSR count). The van der Waals surface area contributed by atoms with Crippen LogP contribution in [0.2, 0.25) is 0 Å². The molecule has 0 aliphatic carbocycles. The molecule has 0 unspecified atom stereocenters. The van der Waals surface area contributed by atoms with Crippen molar-refractivity contribution in [3.05, 3.63) is 59.9 Å². The molecule has 0 bridgehead atoms. The molecule has 0 fully saturated rings. The lowest BCUT2D eigenvalue weighted by Gasteiger charge is -2.06. The maximum Gasteiger partial charge on any atom is 0.307 e. The normalized spacial score (nSPS) is 10.0. The molecule has 2 N–H and O–H groups in total. The summed E-state index contributed by atoms with van der Waals surface area (Å²) >= 11 is 0. The van der Waals surface area contributed by atoms with Crippen LogP contribution >= 0.6 is 0 Å². The maximum absolute atomic E-state index is 11.9. The molecule has 0 aliphatic heterocycles. The smallest absolute Gasteiger partial charge is 0.307 e. The second kappa shape index (κ2) is 6.47. The molecule has 0 radical (unpaired) electrons. The van der Waals surface area contributed by atoms with Gasteiger partial charge >= 0.3 is 5.97 Å². The Balaban J connectivity index is 1.99. The Hall–Kier alpha value is -2.69. The summed E-state index contributed by atoms with van der Waals surface area (Å²) < 4.78 is 0. The fraction of sp³-hybridized carbons (Fsp3) is 0.133. The van der Waals surface area contributed by atoms with E-state index in [0.717, 1.165) is 5.56 Å². The fourth-order valence-electron chi connectivity index (χ4n) is 1.83. The molecule has 5 nitrogen and oxygen atoms in total. The second-order valence-electron chi connectivity index (χ2n) is 4.36. The van der Waals surface area contributed by atoms with Gasteiger partial charge < -0.3 is 10.4 Å². The van der Waals surface area contributed by atoms with Crippen LogP contribution in [0.25, 0.3) is 0 Å². The number of nitrogens with zero attached hydrogens (tertiary/aromatic N) is 1. The zero-order valence-corrected chi connectivity index (χ0v) is 10.7. The van der Waals surface area contributed by atoms with Gasteiger partial charge in [0.05, 0.1) is 12.8 Å². The third-order valence-electron chi connectivity index (χ3n) is 2.65. The van der Waals surface area contributed by atoms with Gasteiger partial charge in [-0.2, -0.15) is 0 Å². The number of rotatable bonds is 5. The van der Waals surface area contributed by atoms with Gasteiger partial charge in [-0.3, -0.25) is 14.6 Å². The lowest BCUT2D eigenvalue weighted by Crippen LogP contribution is -2.14. The average Bonchev–Trinajstić information content (AvgIpc) is 2.39. The first-order chi connectivity index (χ1) is 9.63. The zero-order valence-electron chi connectivity index (χ0n) is 10.7. The summed E-state index contributed by atoms with van der Waals surface area (Å²) in [5, 5.41) is 11.5. The van der Waals surface area contributed by atoms with E-state index in [9.17, 15) is 9.59 Å². The number of pyridine rings is 1. The van der Waals surface area contributed by atoms with Gasteiger partial charge in [0.15, 0.2) is 0 Å². The topological polar surface area (TPSA) is 79.3 Å². The lowest BCUT2D eigenvalue weighted by atomic mass is 10.1. The van der Waals surface area contributed by atoms with E-state index < -0.39 is 5.97 Å². The molecule has 5 heteroatoms. The van der Waals surface area contributed by atoms with Gasteiger partial charge in [0, 0.05) is 18.1 Å². The van der Waals surface area contributed by atoms with Crippen molar-refractivity contribution in [1.29, 1.82) is 0 Å². The molecule has 2 aromatic rings. The molecule has 102 valence electrons. The Bertz CT molecular complexity index is 612. The van der Waals surface area contributed by atoms with E-state index in [2.05, 4.69) is 10.3 Å². The van der Waals surface area contributed by atoms with E-state index in [4.69, 9.17) is 5.11 Å². The molecule has 0 aliphatic rings. The van der Waals surface area contributed by atoms with Crippen LogP contribution in [0.15, 0.2) is 48.8 Å². The third-order valence-corrected chi connectivity index (χ3v) is 2.65. The van der Waals surface area contributed by atoms with Crippen LogP contribution in [0.5, 0.6) is 0 Å². The molecule has 1 aromatic carbocycles. The second-order valence-corrected chi connectivity index (χ2v) is 4.36. The lowest BCUT2D eigenvalue weighted by molar-refractivity contribution is -0.136. The quantitative estimate of drug-likeness (QED) is 0.869. The maximum atomic E-state index is 11.9. The fourth-order valence-corrected chi connectivity index (χ4v) is 1.83. The van der Waals surface area contributed by atoms with E-state index in [1.165, 1.54) is 0 Å². The van der Waals surface area contributed by atoms with Gasteiger partial charge in [-0.05, 0) is 29.3 Å². The summed E-state index contributed by atoms with van der Waals surface area (Å²) in [5.41, 5.74) is 2.07. The van der Waals surface area contributed by atoms with E-state index >= 15 is 0 Å². The van der Waals surface area contributed by atoms with E-state index in [1.54, 1.807) is 42.7 Å². The Morgan fingerprint density at radius 3 is 2.60 bits per heavy atom. The Labute approximate surface area is 116 Å². The number of carbonyl (C=O) groups is 2. The minimum absolute atomic E-state index is 0.0632. The number of hydrogen-bond donors (Lipinski definition) is 2.